The molecule has 7 heteroatoms. The van der Waals surface area contributed by atoms with Gasteiger partial charge in [0.1, 0.15) is 8.24 Å². The van der Waals surface area contributed by atoms with Crippen molar-refractivity contribution < 1.29 is 9.15 Å². The first-order chi connectivity index (χ1) is 8.06. The van der Waals surface area contributed by atoms with Crippen molar-refractivity contribution in [2.75, 3.05) is 7.05 Å². The zero-order valence-corrected chi connectivity index (χ0v) is 19.5. The Labute approximate surface area is 126 Å². The molecule has 0 aromatic heterocycles. The first-order valence-electron chi connectivity index (χ1n) is 7.16. The van der Waals surface area contributed by atoms with E-state index in [4.69, 9.17) is 9.15 Å². The summed E-state index contributed by atoms with van der Waals surface area (Å²) in [6, 6.07) is 0. The smallest absolute Gasteiger partial charge is 0.228 e. The van der Waals surface area contributed by atoms with Crippen LogP contribution in [-0.4, -0.2) is 45.1 Å². The number of hydrogen-bond donors (Lipinski definition) is 0. The summed E-state index contributed by atoms with van der Waals surface area (Å²) in [6.07, 6.45) is 0. The van der Waals surface area contributed by atoms with Gasteiger partial charge in [-0.05, 0) is 46.3 Å². The van der Waals surface area contributed by atoms with E-state index in [0.29, 0.717) is 0 Å². The highest BCUT2D eigenvalue weighted by molar-refractivity contribution is 6.82. The second-order valence-corrected chi connectivity index (χ2v) is 25.6. The van der Waals surface area contributed by atoms with Crippen molar-refractivity contribution in [3.63, 3.8) is 0 Å². The molecule has 0 unspecified atom stereocenters. The average Bonchev–Trinajstić information content (AvgIpc) is 2.11. The van der Waals surface area contributed by atoms with E-state index in [2.05, 4.69) is 83.3 Å². The molecule has 0 rings (SSSR count). The second-order valence-electron chi connectivity index (χ2n) is 8.27. The van der Waals surface area contributed by atoms with E-state index in [1.807, 2.05) is 0 Å². The predicted molar refractivity (Wildman–Crippen MR) is 98.8 cm³/mol. The van der Waals surface area contributed by atoms with Crippen LogP contribution in [0.4, 0.5) is 0 Å². The van der Waals surface area contributed by atoms with Gasteiger partial charge in [-0.2, -0.15) is 0 Å². The maximum absolute atomic E-state index is 5.29. The molecule has 0 fully saturated rings. The quantitative estimate of drug-likeness (QED) is 0.422. The normalized spacial score (nSPS) is 13.6. The van der Waals surface area contributed by atoms with E-state index >= 15 is 0 Å². The van der Waals surface area contributed by atoms with Gasteiger partial charge in [-0.3, -0.25) is 9.15 Å². The fourth-order valence-corrected chi connectivity index (χ4v) is 9.22. The third-order valence-corrected chi connectivity index (χ3v) is 11.2. The highest BCUT2D eigenvalue weighted by Crippen LogP contribution is 2.10. The summed E-state index contributed by atoms with van der Waals surface area (Å²) in [6.45, 7) is 24.7. The molecule has 3 nitrogen and oxygen atoms in total. The van der Waals surface area contributed by atoms with Crippen LogP contribution in [0.15, 0.2) is 0 Å². The van der Waals surface area contributed by atoms with Crippen LogP contribution in [-0.2, 0) is 9.15 Å². The molecule has 0 amide bonds. The summed E-state index contributed by atoms with van der Waals surface area (Å²) in [5, 5.41) is 0. The lowest BCUT2D eigenvalue weighted by molar-refractivity contribution is -0.122. The Hall–Kier alpha value is 0.748. The Morgan fingerprint density at radius 2 is 0.947 bits per heavy atom. The van der Waals surface area contributed by atoms with Gasteiger partial charge in [-0.1, -0.05) is 32.7 Å². The molecule has 0 N–H and O–H groups in total. The molecule has 19 heavy (non-hydrogen) atoms. The largest absolute Gasteiger partial charge is 0.351 e. The summed E-state index contributed by atoms with van der Waals surface area (Å²) in [5.74, 6) is 0. The predicted octanol–water partition coefficient (Wildman–Crippen LogP) is 4.34. The lowest BCUT2D eigenvalue weighted by Gasteiger charge is -2.33. The SMILES string of the molecule is CN([SiH](C)C)[Si](C)(C)C.C[Si](C)(C)OO[Si](C)(C)C. The Morgan fingerprint density at radius 3 is 1.00 bits per heavy atom. The van der Waals surface area contributed by atoms with Crippen LogP contribution in [0.5, 0.6) is 0 Å². The van der Waals surface area contributed by atoms with E-state index in [9.17, 15) is 0 Å². The summed E-state index contributed by atoms with van der Waals surface area (Å²) < 4.78 is 13.2. The first-order valence-corrected chi connectivity index (χ1v) is 20.2. The molecule has 0 saturated heterocycles. The third kappa shape index (κ3) is 16.7. The number of rotatable bonds is 5. The van der Waals surface area contributed by atoms with Crippen molar-refractivity contribution in [1.82, 2.24) is 4.23 Å². The third-order valence-electron chi connectivity index (χ3n) is 2.37. The molecule has 0 spiro atoms. The zero-order chi connectivity index (χ0) is 16.1. The molecule has 0 aliphatic rings. The molecule has 0 radical (unpaired) electrons. The Morgan fingerprint density at radius 1 is 0.684 bits per heavy atom. The van der Waals surface area contributed by atoms with Gasteiger partial charge >= 0.3 is 0 Å². The van der Waals surface area contributed by atoms with Crippen LogP contribution in [0, 0.1) is 0 Å². The molecule has 0 aromatic rings. The average molecular weight is 340 g/mol. The molecular weight excluding hydrogens is 302 g/mol. The van der Waals surface area contributed by atoms with Gasteiger partial charge in [0.05, 0.1) is 8.96 Å². The molecular formula is C12H37NO2Si4. The summed E-state index contributed by atoms with van der Waals surface area (Å²) in [7, 11) is -2.05. The number of hydrogen-bond acceptors (Lipinski definition) is 3. The topological polar surface area (TPSA) is 21.7 Å². The molecule has 118 valence electrons. The lowest BCUT2D eigenvalue weighted by atomic mass is 11.6. The van der Waals surface area contributed by atoms with E-state index in [1.54, 1.807) is 0 Å². The van der Waals surface area contributed by atoms with Crippen molar-refractivity contribution in [3.8, 4) is 0 Å². The van der Waals surface area contributed by atoms with Crippen molar-refractivity contribution >= 4 is 33.8 Å². The van der Waals surface area contributed by atoms with Crippen molar-refractivity contribution in [2.45, 2.75) is 72.0 Å². The minimum Gasteiger partial charge on any atom is -0.351 e. The van der Waals surface area contributed by atoms with E-state index in [-0.39, 0.29) is 0 Å². The van der Waals surface area contributed by atoms with Gasteiger partial charge in [0.15, 0.2) is 0 Å². The van der Waals surface area contributed by atoms with E-state index in [1.165, 1.54) is 0 Å². The van der Waals surface area contributed by atoms with Crippen molar-refractivity contribution in [3.05, 3.63) is 0 Å². The highest BCUT2D eigenvalue weighted by atomic mass is 28.4. The molecule has 0 aliphatic carbocycles. The van der Waals surface area contributed by atoms with Crippen molar-refractivity contribution in [2.24, 2.45) is 0 Å². The maximum atomic E-state index is 5.29. The van der Waals surface area contributed by atoms with E-state index < -0.39 is 33.8 Å². The first kappa shape index (κ1) is 22.0. The van der Waals surface area contributed by atoms with Gasteiger partial charge in [-0.15, -0.1) is 0 Å². The second kappa shape index (κ2) is 8.25. The number of nitrogens with zero attached hydrogens (tertiary/aromatic N) is 1. The Bertz CT molecular complexity index is 228. The van der Waals surface area contributed by atoms with Crippen LogP contribution in [0.3, 0.4) is 0 Å². The highest BCUT2D eigenvalue weighted by Gasteiger charge is 2.23. The fraction of sp³-hybridized carbons (Fsp3) is 1.00. The fourth-order valence-electron chi connectivity index (χ4n) is 1.02. The van der Waals surface area contributed by atoms with Crippen molar-refractivity contribution in [1.29, 1.82) is 0 Å². The summed E-state index contributed by atoms with van der Waals surface area (Å²) in [4.78, 5) is 0. The van der Waals surface area contributed by atoms with Crippen LogP contribution in [0.2, 0.25) is 72.0 Å². The van der Waals surface area contributed by atoms with Crippen LogP contribution >= 0.6 is 0 Å². The monoisotopic (exact) mass is 339 g/mol. The van der Waals surface area contributed by atoms with Crippen LogP contribution < -0.4 is 0 Å². The van der Waals surface area contributed by atoms with Gasteiger partial charge in [-0.25, -0.2) is 0 Å². The van der Waals surface area contributed by atoms with Gasteiger partial charge in [0, 0.05) is 0 Å². The van der Waals surface area contributed by atoms with Gasteiger partial charge in [0.25, 0.3) is 0 Å². The molecule has 0 aromatic carbocycles. The molecule has 0 atom stereocenters. The standard InChI is InChI=1S/C6H19NSi2.C6H18O2Si2/c1-7(8(2)3)9(4,5)6;1-9(2,3)7-8-10(4,5)6/h8H,1-6H3;1-6H3. The molecule has 0 bridgehead atoms. The minimum atomic E-state index is -1.45. The zero-order valence-electron chi connectivity index (χ0n) is 15.3. The van der Waals surface area contributed by atoms with Gasteiger partial charge < -0.3 is 4.23 Å². The Kier molecular flexibility index (Phi) is 9.57. The molecule has 0 saturated carbocycles. The summed E-state index contributed by atoms with van der Waals surface area (Å²) in [5.41, 5.74) is 0. The van der Waals surface area contributed by atoms with Crippen LogP contribution in [0.25, 0.3) is 0 Å². The lowest BCUT2D eigenvalue weighted by Crippen LogP contribution is -2.49. The van der Waals surface area contributed by atoms with E-state index in [0.717, 1.165) is 0 Å². The minimum absolute atomic E-state index is 0.495. The Balaban J connectivity index is 0. The van der Waals surface area contributed by atoms with Crippen LogP contribution in [0.1, 0.15) is 0 Å². The summed E-state index contributed by atoms with van der Waals surface area (Å²) >= 11 is 0. The molecule has 0 aliphatic heterocycles. The van der Waals surface area contributed by atoms with Gasteiger partial charge in [0.2, 0.25) is 16.6 Å². The molecule has 0 heterocycles. The maximum Gasteiger partial charge on any atom is 0.228 e.